The van der Waals surface area contributed by atoms with Gasteiger partial charge in [-0.1, -0.05) is 26.0 Å². The van der Waals surface area contributed by atoms with E-state index in [1.807, 2.05) is 0 Å². The van der Waals surface area contributed by atoms with Gasteiger partial charge in [0.25, 0.3) is 0 Å². The van der Waals surface area contributed by atoms with Gasteiger partial charge in [0.1, 0.15) is 5.82 Å². The summed E-state index contributed by atoms with van der Waals surface area (Å²) in [4.78, 5) is 26.9. The van der Waals surface area contributed by atoms with Crippen LogP contribution < -0.4 is 5.73 Å². The van der Waals surface area contributed by atoms with Crippen LogP contribution >= 0.6 is 0 Å². The summed E-state index contributed by atoms with van der Waals surface area (Å²) in [7, 11) is 0. The molecule has 0 spiro atoms. The maximum absolute atomic E-state index is 13.0. The average Bonchev–Trinajstić information content (AvgIpc) is 2.71. The first-order valence-electron chi connectivity index (χ1n) is 7.95. The van der Waals surface area contributed by atoms with Crippen molar-refractivity contribution in [3.8, 4) is 0 Å². The van der Waals surface area contributed by atoms with E-state index in [2.05, 4.69) is 18.7 Å². The molecule has 6 heteroatoms. The lowest BCUT2D eigenvalue weighted by molar-refractivity contribution is -0.144. The molecule has 2 amide bonds. The predicted molar refractivity (Wildman–Crippen MR) is 85.8 cm³/mol. The van der Waals surface area contributed by atoms with Gasteiger partial charge in [0.05, 0.1) is 0 Å². The summed E-state index contributed by atoms with van der Waals surface area (Å²) in [5, 5.41) is 0. The Morgan fingerprint density at radius 2 is 1.91 bits per heavy atom. The number of amides is 2. The summed E-state index contributed by atoms with van der Waals surface area (Å²) in [6, 6.07) is 6.61. The van der Waals surface area contributed by atoms with Crippen molar-refractivity contribution in [2.75, 3.05) is 19.6 Å². The van der Waals surface area contributed by atoms with E-state index in [-0.39, 0.29) is 11.9 Å². The van der Waals surface area contributed by atoms with E-state index < -0.39 is 11.8 Å². The molecular formula is C17H24FN3O2. The number of nitrogens with zero attached hydrogens (tertiary/aromatic N) is 2. The molecule has 1 aromatic rings. The van der Waals surface area contributed by atoms with Gasteiger partial charge >= 0.3 is 11.8 Å². The van der Waals surface area contributed by atoms with Crippen molar-refractivity contribution in [1.82, 2.24) is 9.80 Å². The lowest BCUT2D eigenvalue weighted by Crippen LogP contribution is -2.48. The minimum atomic E-state index is -0.903. The topological polar surface area (TPSA) is 66.6 Å². The highest BCUT2D eigenvalue weighted by molar-refractivity contribution is 6.34. The van der Waals surface area contributed by atoms with Crippen molar-refractivity contribution in [3.05, 3.63) is 35.6 Å². The molecule has 1 aliphatic rings. The number of hydrogen-bond acceptors (Lipinski definition) is 3. The zero-order valence-electron chi connectivity index (χ0n) is 13.7. The summed E-state index contributed by atoms with van der Waals surface area (Å²) in [5.41, 5.74) is 6.17. The molecule has 1 heterocycles. The van der Waals surface area contributed by atoms with E-state index in [1.54, 1.807) is 17.0 Å². The van der Waals surface area contributed by atoms with Crippen LogP contribution in [0.1, 0.15) is 25.8 Å². The smallest absolute Gasteiger partial charge is 0.311 e. The monoisotopic (exact) mass is 321 g/mol. The van der Waals surface area contributed by atoms with Crippen LogP contribution in [0.4, 0.5) is 4.39 Å². The van der Waals surface area contributed by atoms with Gasteiger partial charge in [0, 0.05) is 32.2 Å². The summed E-state index contributed by atoms with van der Waals surface area (Å²) >= 11 is 0. The van der Waals surface area contributed by atoms with Gasteiger partial charge in [-0.2, -0.15) is 0 Å². The fourth-order valence-corrected chi connectivity index (χ4v) is 3.06. The number of benzene rings is 1. The fraction of sp³-hybridized carbons (Fsp3) is 0.529. The van der Waals surface area contributed by atoms with Crippen molar-refractivity contribution < 1.29 is 14.0 Å². The van der Waals surface area contributed by atoms with Crippen molar-refractivity contribution in [1.29, 1.82) is 0 Å². The van der Waals surface area contributed by atoms with Crippen molar-refractivity contribution in [2.24, 2.45) is 11.7 Å². The van der Waals surface area contributed by atoms with Gasteiger partial charge in [-0.3, -0.25) is 14.5 Å². The molecule has 2 rings (SSSR count). The molecule has 0 unspecified atom stereocenters. The third-order valence-electron chi connectivity index (χ3n) is 4.32. The van der Waals surface area contributed by atoms with Gasteiger partial charge in [-0.15, -0.1) is 0 Å². The Labute approximate surface area is 136 Å². The summed E-state index contributed by atoms with van der Waals surface area (Å²) in [6.45, 7) is 6.73. The van der Waals surface area contributed by atoms with Crippen LogP contribution in [0, 0.1) is 11.7 Å². The molecule has 2 N–H and O–H groups in total. The highest BCUT2D eigenvalue weighted by Gasteiger charge is 2.30. The Kier molecular flexibility index (Phi) is 5.71. The van der Waals surface area contributed by atoms with Crippen LogP contribution in [-0.4, -0.2) is 47.3 Å². The highest BCUT2D eigenvalue weighted by Crippen LogP contribution is 2.20. The van der Waals surface area contributed by atoms with E-state index in [0.717, 1.165) is 18.5 Å². The third kappa shape index (κ3) is 4.51. The number of carbonyl (C=O) groups excluding carboxylic acids is 2. The maximum Gasteiger partial charge on any atom is 0.311 e. The molecule has 23 heavy (non-hydrogen) atoms. The molecular weight excluding hydrogens is 297 g/mol. The average molecular weight is 321 g/mol. The number of halogens is 1. The van der Waals surface area contributed by atoms with Crippen molar-refractivity contribution in [3.63, 3.8) is 0 Å². The second-order valence-corrected chi connectivity index (χ2v) is 6.38. The second kappa shape index (κ2) is 7.55. The fourth-order valence-electron chi connectivity index (χ4n) is 3.06. The minimum absolute atomic E-state index is 0.130. The molecule has 0 saturated carbocycles. The van der Waals surface area contributed by atoms with Crippen molar-refractivity contribution >= 4 is 11.8 Å². The van der Waals surface area contributed by atoms with Gasteiger partial charge in [-0.25, -0.2) is 4.39 Å². The largest absolute Gasteiger partial charge is 0.361 e. The Morgan fingerprint density at radius 1 is 1.26 bits per heavy atom. The van der Waals surface area contributed by atoms with E-state index in [1.165, 1.54) is 12.1 Å². The maximum atomic E-state index is 13.0. The molecule has 1 aromatic carbocycles. The van der Waals surface area contributed by atoms with Gasteiger partial charge < -0.3 is 10.6 Å². The quantitative estimate of drug-likeness (QED) is 0.855. The standard InChI is InChI=1S/C17H24FN3O2/c1-12(2)15-11-21(17(23)16(19)22)9-3-8-20(15)10-13-4-6-14(18)7-5-13/h4-7,12,15H,3,8-11H2,1-2H3,(H2,19,22)/t15-/m1/s1. The Bertz CT molecular complexity index is 559. The van der Waals surface area contributed by atoms with Gasteiger partial charge in [0.15, 0.2) is 0 Å². The van der Waals surface area contributed by atoms with E-state index in [4.69, 9.17) is 5.73 Å². The molecule has 1 saturated heterocycles. The zero-order valence-corrected chi connectivity index (χ0v) is 13.7. The molecule has 1 aliphatic heterocycles. The number of hydrogen-bond donors (Lipinski definition) is 1. The summed E-state index contributed by atoms with van der Waals surface area (Å²) in [6.07, 6.45) is 0.781. The van der Waals surface area contributed by atoms with Crippen molar-refractivity contribution in [2.45, 2.75) is 32.9 Å². The molecule has 126 valence electrons. The summed E-state index contributed by atoms with van der Waals surface area (Å²) in [5.74, 6) is -1.45. The first-order chi connectivity index (χ1) is 10.9. The van der Waals surface area contributed by atoms with E-state index in [0.29, 0.717) is 25.6 Å². The molecule has 5 nitrogen and oxygen atoms in total. The third-order valence-corrected chi connectivity index (χ3v) is 4.32. The molecule has 1 fully saturated rings. The zero-order chi connectivity index (χ0) is 17.0. The lowest BCUT2D eigenvalue weighted by Gasteiger charge is -2.34. The Hall–Kier alpha value is -1.95. The minimum Gasteiger partial charge on any atom is -0.361 e. The molecule has 0 radical (unpaired) electrons. The van der Waals surface area contributed by atoms with Gasteiger partial charge in [0.2, 0.25) is 0 Å². The molecule has 0 bridgehead atoms. The van der Waals surface area contributed by atoms with E-state index >= 15 is 0 Å². The normalized spacial score (nSPS) is 19.7. The number of carbonyl (C=O) groups is 2. The summed E-state index contributed by atoms with van der Waals surface area (Å²) < 4.78 is 13.0. The Balaban J connectivity index is 2.13. The van der Waals surface area contributed by atoms with Crippen LogP contribution in [0.15, 0.2) is 24.3 Å². The SMILES string of the molecule is CC(C)[C@H]1CN(C(=O)C(N)=O)CCCN1Cc1ccc(F)cc1. The van der Waals surface area contributed by atoms with Crippen LogP contribution in [-0.2, 0) is 16.1 Å². The molecule has 1 atom stereocenters. The Morgan fingerprint density at radius 3 is 2.48 bits per heavy atom. The lowest BCUT2D eigenvalue weighted by atomic mass is 10.0. The first-order valence-corrected chi connectivity index (χ1v) is 7.95. The number of primary amides is 1. The highest BCUT2D eigenvalue weighted by atomic mass is 19.1. The molecule has 0 aromatic heterocycles. The van der Waals surface area contributed by atoms with Crippen LogP contribution in [0.2, 0.25) is 0 Å². The number of rotatable bonds is 3. The van der Waals surface area contributed by atoms with Crippen LogP contribution in [0.25, 0.3) is 0 Å². The predicted octanol–water partition coefficient (Wildman–Crippen LogP) is 1.37. The number of nitrogens with two attached hydrogens (primary N) is 1. The van der Waals surface area contributed by atoms with Crippen LogP contribution in [0.3, 0.4) is 0 Å². The van der Waals surface area contributed by atoms with E-state index in [9.17, 15) is 14.0 Å². The van der Waals surface area contributed by atoms with Gasteiger partial charge in [-0.05, 0) is 30.0 Å². The second-order valence-electron chi connectivity index (χ2n) is 6.38. The molecule has 0 aliphatic carbocycles. The first kappa shape index (κ1) is 17.4. The van der Waals surface area contributed by atoms with Crippen LogP contribution in [0.5, 0.6) is 0 Å².